The number of rotatable bonds is 8. The van der Waals surface area contributed by atoms with Crippen LogP contribution in [0.5, 0.6) is 5.75 Å². The fraction of sp³-hybridized carbons (Fsp3) is 0.292. The molecular weight excluding hydrogens is 458 g/mol. The molecule has 0 radical (unpaired) electrons. The number of thioether (sulfide) groups is 1. The van der Waals surface area contributed by atoms with E-state index >= 15 is 0 Å². The van der Waals surface area contributed by atoms with Crippen LogP contribution in [0.25, 0.3) is 11.4 Å². The second kappa shape index (κ2) is 10.8. The van der Waals surface area contributed by atoms with E-state index in [0.717, 1.165) is 35.1 Å². The molecule has 172 valence electrons. The lowest BCUT2D eigenvalue weighted by molar-refractivity contribution is -0.128. The summed E-state index contributed by atoms with van der Waals surface area (Å²) in [5.74, 6) is 1.81. The van der Waals surface area contributed by atoms with Gasteiger partial charge in [-0.1, -0.05) is 47.6 Å². The van der Waals surface area contributed by atoms with Crippen LogP contribution in [-0.2, 0) is 11.3 Å². The lowest BCUT2D eigenvalue weighted by Gasteiger charge is -2.36. The number of methoxy groups -OCH3 is 1. The van der Waals surface area contributed by atoms with Crippen molar-refractivity contribution in [2.24, 2.45) is 0 Å². The Morgan fingerprint density at radius 2 is 1.94 bits per heavy atom. The number of para-hydroxylation sites is 1. The molecule has 33 heavy (non-hydrogen) atoms. The van der Waals surface area contributed by atoms with Crippen molar-refractivity contribution in [2.75, 3.05) is 43.9 Å². The Hall–Kier alpha value is -2.97. The molecule has 1 saturated heterocycles. The van der Waals surface area contributed by atoms with Crippen LogP contribution >= 0.6 is 23.4 Å². The zero-order valence-electron chi connectivity index (χ0n) is 18.5. The SMILES string of the molecule is C=CCn1c(SCC(=O)N2CCN(c3cccc(Cl)c3)CC2)nnc1-c1ccccc1OC. The van der Waals surface area contributed by atoms with Gasteiger partial charge in [0.25, 0.3) is 0 Å². The van der Waals surface area contributed by atoms with Crippen molar-refractivity contribution in [1.82, 2.24) is 19.7 Å². The van der Waals surface area contributed by atoms with Gasteiger partial charge in [0.15, 0.2) is 11.0 Å². The number of amides is 1. The van der Waals surface area contributed by atoms with Gasteiger partial charge in [0, 0.05) is 43.4 Å². The summed E-state index contributed by atoms with van der Waals surface area (Å²) in [5, 5.41) is 10.1. The van der Waals surface area contributed by atoms with Crippen LogP contribution in [-0.4, -0.2) is 64.6 Å². The van der Waals surface area contributed by atoms with Gasteiger partial charge >= 0.3 is 0 Å². The van der Waals surface area contributed by atoms with Gasteiger partial charge < -0.3 is 14.5 Å². The molecule has 1 fully saturated rings. The number of piperazine rings is 1. The molecule has 4 rings (SSSR count). The third-order valence-electron chi connectivity index (χ3n) is 5.51. The Morgan fingerprint density at radius 1 is 1.15 bits per heavy atom. The molecule has 9 heteroatoms. The number of carbonyl (C=O) groups excluding carboxylic acids is 1. The van der Waals surface area contributed by atoms with E-state index in [-0.39, 0.29) is 5.91 Å². The maximum Gasteiger partial charge on any atom is 0.233 e. The van der Waals surface area contributed by atoms with Gasteiger partial charge in [-0.2, -0.15) is 0 Å². The minimum absolute atomic E-state index is 0.0951. The molecule has 0 atom stereocenters. The van der Waals surface area contributed by atoms with Crippen LogP contribution in [0.15, 0.2) is 66.3 Å². The Morgan fingerprint density at radius 3 is 2.67 bits per heavy atom. The average molecular weight is 484 g/mol. The summed E-state index contributed by atoms with van der Waals surface area (Å²) in [6.07, 6.45) is 1.79. The third-order valence-corrected chi connectivity index (χ3v) is 6.69. The van der Waals surface area contributed by atoms with Gasteiger partial charge in [0.2, 0.25) is 5.91 Å². The maximum absolute atomic E-state index is 12.9. The van der Waals surface area contributed by atoms with Crippen LogP contribution in [0.1, 0.15) is 0 Å². The van der Waals surface area contributed by atoms with Crippen LogP contribution < -0.4 is 9.64 Å². The minimum atomic E-state index is 0.0951. The number of anilines is 1. The van der Waals surface area contributed by atoms with E-state index < -0.39 is 0 Å². The summed E-state index contributed by atoms with van der Waals surface area (Å²) in [6, 6.07) is 15.5. The van der Waals surface area contributed by atoms with E-state index in [1.807, 2.05) is 58.0 Å². The number of halogens is 1. The lowest BCUT2D eigenvalue weighted by Crippen LogP contribution is -2.49. The second-order valence-electron chi connectivity index (χ2n) is 7.54. The number of ether oxygens (including phenoxy) is 1. The molecule has 0 bridgehead atoms. The number of hydrogen-bond acceptors (Lipinski definition) is 6. The van der Waals surface area contributed by atoms with E-state index in [2.05, 4.69) is 21.7 Å². The highest BCUT2D eigenvalue weighted by Crippen LogP contribution is 2.31. The molecular formula is C24H26ClN5O2S. The van der Waals surface area contributed by atoms with Crippen molar-refractivity contribution in [3.63, 3.8) is 0 Å². The van der Waals surface area contributed by atoms with Crippen molar-refractivity contribution >= 4 is 35.0 Å². The smallest absolute Gasteiger partial charge is 0.233 e. The number of nitrogens with zero attached hydrogens (tertiary/aromatic N) is 5. The van der Waals surface area contributed by atoms with Gasteiger partial charge in [-0.25, -0.2) is 0 Å². The van der Waals surface area contributed by atoms with Crippen LogP contribution in [0, 0.1) is 0 Å². The maximum atomic E-state index is 12.9. The van der Waals surface area contributed by atoms with E-state index in [9.17, 15) is 4.79 Å². The fourth-order valence-corrected chi connectivity index (χ4v) is 4.86. The molecule has 1 amide bonds. The third kappa shape index (κ3) is 5.34. The molecule has 1 aliphatic rings. The van der Waals surface area contributed by atoms with Crippen molar-refractivity contribution < 1.29 is 9.53 Å². The van der Waals surface area contributed by atoms with Gasteiger partial charge in [-0.05, 0) is 30.3 Å². The monoisotopic (exact) mass is 483 g/mol. The molecule has 0 unspecified atom stereocenters. The summed E-state index contributed by atoms with van der Waals surface area (Å²) in [7, 11) is 1.63. The van der Waals surface area contributed by atoms with Crippen molar-refractivity contribution in [1.29, 1.82) is 0 Å². The van der Waals surface area contributed by atoms with Crippen molar-refractivity contribution in [3.8, 4) is 17.1 Å². The molecule has 7 nitrogen and oxygen atoms in total. The largest absolute Gasteiger partial charge is 0.496 e. The first-order valence-corrected chi connectivity index (χ1v) is 12.1. The average Bonchev–Trinajstić information content (AvgIpc) is 3.25. The normalized spacial score (nSPS) is 13.8. The van der Waals surface area contributed by atoms with E-state index in [4.69, 9.17) is 16.3 Å². The molecule has 1 aromatic heterocycles. The van der Waals surface area contributed by atoms with Crippen LogP contribution in [0.2, 0.25) is 5.02 Å². The zero-order valence-corrected chi connectivity index (χ0v) is 20.1. The highest BCUT2D eigenvalue weighted by atomic mass is 35.5. The Labute approximate surface area is 203 Å². The predicted octanol–water partition coefficient (Wildman–Crippen LogP) is 4.23. The highest BCUT2D eigenvalue weighted by Gasteiger charge is 2.23. The summed E-state index contributed by atoms with van der Waals surface area (Å²) in [6.45, 7) is 7.31. The topological polar surface area (TPSA) is 63.5 Å². The Bertz CT molecular complexity index is 1130. The first kappa shape index (κ1) is 23.2. The molecule has 0 N–H and O–H groups in total. The molecule has 2 aromatic carbocycles. The number of aromatic nitrogens is 3. The van der Waals surface area contributed by atoms with E-state index in [1.54, 1.807) is 13.2 Å². The molecule has 3 aromatic rings. The van der Waals surface area contributed by atoms with E-state index in [0.29, 0.717) is 36.4 Å². The molecule has 0 aliphatic carbocycles. The van der Waals surface area contributed by atoms with Gasteiger partial charge in [-0.15, -0.1) is 16.8 Å². The van der Waals surface area contributed by atoms with Gasteiger partial charge in [-0.3, -0.25) is 9.36 Å². The minimum Gasteiger partial charge on any atom is -0.496 e. The predicted molar refractivity (Wildman–Crippen MR) is 133 cm³/mol. The zero-order chi connectivity index (χ0) is 23.2. The highest BCUT2D eigenvalue weighted by molar-refractivity contribution is 7.99. The molecule has 2 heterocycles. The van der Waals surface area contributed by atoms with Crippen molar-refractivity contribution in [3.05, 3.63) is 66.2 Å². The van der Waals surface area contributed by atoms with Crippen LogP contribution in [0.3, 0.4) is 0 Å². The summed E-state index contributed by atoms with van der Waals surface area (Å²) in [5.41, 5.74) is 1.94. The summed E-state index contributed by atoms with van der Waals surface area (Å²) < 4.78 is 7.44. The first-order valence-electron chi connectivity index (χ1n) is 10.7. The number of allylic oxidation sites excluding steroid dienone is 1. The van der Waals surface area contributed by atoms with Gasteiger partial charge in [0.05, 0.1) is 18.4 Å². The number of hydrogen-bond donors (Lipinski definition) is 0. The standard InChI is InChI=1S/C24H26ClN5O2S/c1-3-11-30-23(20-9-4-5-10-21(20)32-2)26-27-24(30)33-17-22(31)29-14-12-28(13-15-29)19-8-6-7-18(25)16-19/h3-10,16H,1,11-15,17H2,2H3. The fourth-order valence-electron chi connectivity index (χ4n) is 3.82. The van der Waals surface area contributed by atoms with Crippen LogP contribution in [0.4, 0.5) is 5.69 Å². The number of benzene rings is 2. The quantitative estimate of drug-likeness (QED) is 0.353. The van der Waals surface area contributed by atoms with Crippen molar-refractivity contribution in [2.45, 2.75) is 11.7 Å². The summed E-state index contributed by atoms with van der Waals surface area (Å²) in [4.78, 5) is 17.0. The first-order chi connectivity index (χ1) is 16.1. The molecule has 0 saturated carbocycles. The summed E-state index contributed by atoms with van der Waals surface area (Å²) >= 11 is 7.51. The van der Waals surface area contributed by atoms with Gasteiger partial charge in [0.1, 0.15) is 5.75 Å². The Balaban J connectivity index is 1.39. The lowest BCUT2D eigenvalue weighted by atomic mass is 10.2. The molecule has 1 aliphatic heterocycles. The number of carbonyl (C=O) groups is 1. The van der Waals surface area contributed by atoms with E-state index in [1.165, 1.54) is 11.8 Å². The Kier molecular flexibility index (Phi) is 7.57. The molecule has 0 spiro atoms. The second-order valence-corrected chi connectivity index (χ2v) is 8.92.